The summed E-state index contributed by atoms with van der Waals surface area (Å²) in [5, 5.41) is 26.4. The summed E-state index contributed by atoms with van der Waals surface area (Å²) in [6.07, 6.45) is 0.524. The van der Waals surface area contributed by atoms with E-state index in [4.69, 9.17) is 4.74 Å². The number of ether oxygens (including phenoxy) is 1. The predicted octanol–water partition coefficient (Wildman–Crippen LogP) is -0.252. The van der Waals surface area contributed by atoms with Gasteiger partial charge in [-0.05, 0) is 17.3 Å². The Hall–Kier alpha value is -2.32. The molecular weight excluding hydrogens is 274 g/mol. The zero-order valence-corrected chi connectivity index (χ0v) is 11.2. The van der Waals surface area contributed by atoms with Crippen LogP contribution >= 0.6 is 0 Å². The van der Waals surface area contributed by atoms with Crippen LogP contribution in [-0.4, -0.2) is 57.0 Å². The lowest BCUT2D eigenvalue weighted by molar-refractivity contribution is 0.0264. The van der Waals surface area contributed by atoms with Gasteiger partial charge in [0.1, 0.15) is 5.60 Å². The molecular formula is C13H15N5O3. The third-order valence-corrected chi connectivity index (χ3v) is 3.39. The predicted molar refractivity (Wildman–Crippen MR) is 72.3 cm³/mol. The zero-order chi connectivity index (χ0) is 14.7. The molecule has 8 nitrogen and oxygen atoms in total. The van der Waals surface area contributed by atoms with E-state index in [9.17, 15) is 9.90 Å². The van der Waals surface area contributed by atoms with Gasteiger partial charge in [-0.25, -0.2) is 0 Å². The molecule has 1 saturated heterocycles. The van der Waals surface area contributed by atoms with Crippen molar-refractivity contribution in [2.24, 2.45) is 0 Å². The van der Waals surface area contributed by atoms with Gasteiger partial charge in [0.25, 0.3) is 5.91 Å². The van der Waals surface area contributed by atoms with Crippen LogP contribution in [0.25, 0.3) is 11.4 Å². The van der Waals surface area contributed by atoms with Crippen LogP contribution in [0.15, 0.2) is 24.3 Å². The van der Waals surface area contributed by atoms with Gasteiger partial charge in [-0.3, -0.25) is 4.79 Å². The van der Waals surface area contributed by atoms with Crippen LogP contribution in [0.5, 0.6) is 0 Å². The van der Waals surface area contributed by atoms with Crippen molar-refractivity contribution < 1.29 is 14.6 Å². The number of tetrazole rings is 1. The second kappa shape index (κ2) is 5.58. The number of amides is 1. The van der Waals surface area contributed by atoms with Gasteiger partial charge in [0.2, 0.25) is 5.82 Å². The Morgan fingerprint density at radius 3 is 3.14 bits per heavy atom. The maximum Gasteiger partial charge on any atom is 0.251 e. The number of hydrogen-bond acceptors (Lipinski definition) is 6. The quantitative estimate of drug-likeness (QED) is 0.715. The highest BCUT2D eigenvalue weighted by molar-refractivity contribution is 5.95. The van der Waals surface area contributed by atoms with E-state index in [0.29, 0.717) is 30.0 Å². The van der Waals surface area contributed by atoms with E-state index in [1.807, 2.05) is 0 Å². The number of nitrogens with zero attached hydrogens (tertiary/aromatic N) is 3. The molecule has 2 heterocycles. The molecule has 0 saturated carbocycles. The molecule has 1 atom stereocenters. The standard InChI is InChI=1S/C13H15N5O3/c19-12(14-7-13(20)4-5-21-8-13)10-3-1-2-9(6-10)11-15-17-18-16-11/h1-3,6,20H,4-5,7-8H2,(H,14,19)(H,15,16,17,18). The summed E-state index contributed by atoms with van der Waals surface area (Å²) in [6.45, 7) is 0.925. The van der Waals surface area contributed by atoms with Crippen molar-refractivity contribution in [1.82, 2.24) is 25.9 Å². The minimum atomic E-state index is -0.971. The normalized spacial score (nSPS) is 21.4. The summed E-state index contributed by atoms with van der Waals surface area (Å²) >= 11 is 0. The highest BCUT2D eigenvalue weighted by Gasteiger charge is 2.32. The van der Waals surface area contributed by atoms with E-state index in [1.165, 1.54) is 0 Å². The molecule has 1 aromatic heterocycles. The average molecular weight is 289 g/mol. The monoisotopic (exact) mass is 289 g/mol. The maximum atomic E-state index is 12.1. The molecule has 21 heavy (non-hydrogen) atoms. The summed E-state index contributed by atoms with van der Waals surface area (Å²) in [6, 6.07) is 6.90. The Balaban J connectivity index is 1.69. The van der Waals surface area contributed by atoms with E-state index in [-0.39, 0.29) is 19.1 Å². The Labute approximate surface area is 120 Å². The smallest absolute Gasteiger partial charge is 0.251 e. The molecule has 8 heteroatoms. The van der Waals surface area contributed by atoms with Crippen molar-refractivity contribution in [3.63, 3.8) is 0 Å². The summed E-state index contributed by atoms with van der Waals surface area (Å²) in [7, 11) is 0. The van der Waals surface area contributed by atoms with E-state index in [2.05, 4.69) is 25.9 Å². The SMILES string of the molecule is O=C(NCC1(O)CCOC1)c1cccc(-c2nn[nH]n2)c1. The first-order valence-electron chi connectivity index (χ1n) is 6.59. The van der Waals surface area contributed by atoms with Crippen molar-refractivity contribution in [1.29, 1.82) is 0 Å². The number of aromatic nitrogens is 4. The molecule has 0 aliphatic carbocycles. The number of hydrogen-bond donors (Lipinski definition) is 3. The van der Waals surface area contributed by atoms with E-state index in [1.54, 1.807) is 24.3 Å². The molecule has 1 amide bonds. The number of aliphatic hydroxyl groups is 1. The first-order valence-corrected chi connectivity index (χ1v) is 6.59. The second-order valence-electron chi connectivity index (χ2n) is 5.03. The fraction of sp³-hybridized carbons (Fsp3) is 0.385. The third kappa shape index (κ3) is 3.06. The Morgan fingerprint density at radius 2 is 2.43 bits per heavy atom. The van der Waals surface area contributed by atoms with Crippen LogP contribution in [0.2, 0.25) is 0 Å². The van der Waals surface area contributed by atoms with Gasteiger partial charge in [0.05, 0.1) is 6.61 Å². The van der Waals surface area contributed by atoms with Gasteiger partial charge < -0.3 is 15.2 Å². The largest absolute Gasteiger partial charge is 0.386 e. The van der Waals surface area contributed by atoms with Crippen molar-refractivity contribution in [2.45, 2.75) is 12.0 Å². The minimum absolute atomic E-state index is 0.165. The fourth-order valence-corrected chi connectivity index (χ4v) is 2.17. The topological polar surface area (TPSA) is 113 Å². The van der Waals surface area contributed by atoms with Gasteiger partial charge in [-0.15, -0.1) is 10.2 Å². The molecule has 1 aliphatic rings. The first-order chi connectivity index (χ1) is 10.2. The molecule has 1 fully saturated rings. The lowest BCUT2D eigenvalue weighted by atomic mass is 10.0. The number of rotatable bonds is 4. The van der Waals surface area contributed by atoms with E-state index >= 15 is 0 Å². The van der Waals surface area contributed by atoms with E-state index in [0.717, 1.165) is 0 Å². The van der Waals surface area contributed by atoms with Crippen molar-refractivity contribution >= 4 is 5.91 Å². The molecule has 1 unspecified atom stereocenters. The lowest BCUT2D eigenvalue weighted by Crippen LogP contribution is -2.43. The number of aromatic amines is 1. The Bertz CT molecular complexity index is 622. The maximum absolute atomic E-state index is 12.1. The number of carbonyl (C=O) groups is 1. The molecule has 0 bridgehead atoms. The number of nitrogens with one attached hydrogen (secondary N) is 2. The highest BCUT2D eigenvalue weighted by Crippen LogP contribution is 2.18. The molecule has 0 radical (unpaired) electrons. The van der Waals surface area contributed by atoms with Crippen molar-refractivity contribution in [3.05, 3.63) is 29.8 Å². The van der Waals surface area contributed by atoms with Crippen LogP contribution in [0.4, 0.5) is 0 Å². The number of benzene rings is 1. The van der Waals surface area contributed by atoms with Crippen LogP contribution in [0, 0.1) is 0 Å². The third-order valence-electron chi connectivity index (χ3n) is 3.39. The molecule has 1 aromatic carbocycles. The van der Waals surface area contributed by atoms with Crippen molar-refractivity contribution in [3.8, 4) is 11.4 Å². The molecule has 2 aromatic rings. The van der Waals surface area contributed by atoms with Gasteiger partial charge in [-0.2, -0.15) is 5.21 Å². The Kier molecular flexibility index (Phi) is 3.63. The summed E-state index contributed by atoms with van der Waals surface area (Å²) in [5.74, 6) is 0.160. The van der Waals surface area contributed by atoms with Crippen LogP contribution in [-0.2, 0) is 4.74 Å². The van der Waals surface area contributed by atoms with E-state index < -0.39 is 5.60 Å². The summed E-state index contributed by atoms with van der Waals surface area (Å²) in [5.41, 5.74) is 0.195. The second-order valence-corrected chi connectivity index (χ2v) is 5.03. The number of carbonyl (C=O) groups excluding carboxylic acids is 1. The van der Waals surface area contributed by atoms with Gasteiger partial charge in [0.15, 0.2) is 0 Å². The molecule has 0 spiro atoms. The van der Waals surface area contributed by atoms with Crippen molar-refractivity contribution in [2.75, 3.05) is 19.8 Å². The van der Waals surface area contributed by atoms with Gasteiger partial charge in [0, 0.05) is 30.7 Å². The summed E-state index contributed by atoms with van der Waals surface area (Å²) in [4.78, 5) is 12.1. The van der Waals surface area contributed by atoms with Crippen LogP contribution < -0.4 is 5.32 Å². The summed E-state index contributed by atoms with van der Waals surface area (Å²) < 4.78 is 5.14. The first kappa shape index (κ1) is 13.7. The average Bonchev–Trinajstić information content (AvgIpc) is 3.17. The molecule has 3 N–H and O–H groups in total. The lowest BCUT2D eigenvalue weighted by Gasteiger charge is -2.20. The molecule has 1 aliphatic heterocycles. The fourth-order valence-electron chi connectivity index (χ4n) is 2.17. The van der Waals surface area contributed by atoms with Gasteiger partial charge in [-0.1, -0.05) is 12.1 Å². The minimum Gasteiger partial charge on any atom is -0.386 e. The zero-order valence-electron chi connectivity index (χ0n) is 11.2. The van der Waals surface area contributed by atoms with Crippen LogP contribution in [0.1, 0.15) is 16.8 Å². The highest BCUT2D eigenvalue weighted by atomic mass is 16.5. The van der Waals surface area contributed by atoms with Gasteiger partial charge >= 0.3 is 0 Å². The Morgan fingerprint density at radius 1 is 1.52 bits per heavy atom. The molecule has 3 rings (SSSR count). The number of H-pyrrole nitrogens is 1. The van der Waals surface area contributed by atoms with Crippen LogP contribution in [0.3, 0.4) is 0 Å². The molecule has 110 valence electrons.